The van der Waals surface area contributed by atoms with Gasteiger partial charge in [0.05, 0.1) is 10.8 Å². The van der Waals surface area contributed by atoms with Crippen molar-refractivity contribution in [3.63, 3.8) is 0 Å². The fourth-order valence-electron chi connectivity index (χ4n) is 2.51. The van der Waals surface area contributed by atoms with E-state index in [0.717, 1.165) is 5.56 Å². The van der Waals surface area contributed by atoms with Crippen LogP contribution in [0.2, 0.25) is 5.02 Å². The highest BCUT2D eigenvalue weighted by Gasteiger charge is 2.17. The van der Waals surface area contributed by atoms with Crippen LogP contribution in [0.25, 0.3) is 0 Å². The summed E-state index contributed by atoms with van der Waals surface area (Å²) >= 11 is 6.16. The van der Waals surface area contributed by atoms with E-state index in [0.29, 0.717) is 41.7 Å². The second kappa shape index (κ2) is 7.59. The third-order valence-electron chi connectivity index (χ3n) is 3.66. The van der Waals surface area contributed by atoms with Crippen LogP contribution >= 0.6 is 11.6 Å². The number of sulfonamides is 1. The third kappa shape index (κ3) is 4.84. The maximum Gasteiger partial charge on any atom is 0.215 e. The second-order valence-electron chi connectivity index (χ2n) is 5.63. The van der Waals surface area contributed by atoms with Crippen LogP contribution in [0.5, 0.6) is 11.5 Å². The maximum atomic E-state index is 12.9. The Morgan fingerprint density at radius 3 is 2.56 bits per heavy atom. The van der Waals surface area contributed by atoms with Gasteiger partial charge in [-0.2, -0.15) is 0 Å². The molecule has 8 heteroatoms. The highest BCUT2D eigenvalue weighted by atomic mass is 35.5. The number of rotatable bonds is 6. The molecule has 0 bridgehead atoms. The van der Waals surface area contributed by atoms with Gasteiger partial charge in [0, 0.05) is 6.54 Å². The summed E-state index contributed by atoms with van der Waals surface area (Å²) < 4.78 is 50.5. The molecule has 0 saturated heterocycles. The number of ether oxygens (including phenoxy) is 2. The second-order valence-corrected chi connectivity index (χ2v) is 7.85. The van der Waals surface area contributed by atoms with E-state index in [1.165, 1.54) is 24.3 Å². The van der Waals surface area contributed by atoms with Crippen molar-refractivity contribution in [1.29, 1.82) is 0 Å². The van der Waals surface area contributed by atoms with Crippen LogP contribution in [0.15, 0.2) is 36.4 Å². The first kappa shape index (κ1) is 18.0. The molecule has 0 spiro atoms. The summed E-state index contributed by atoms with van der Waals surface area (Å²) in [7, 11) is -3.51. The van der Waals surface area contributed by atoms with Gasteiger partial charge in [0.25, 0.3) is 0 Å². The third-order valence-corrected chi connectivity index (χ3v) is 5.30. The monoisotopic (exact) mass is 385 g/mol. The summed E-state index contributed by atoms with van der Waals surface area (Å²) in [4.78, 5) is 0. The smallest absolute Gasteiger partial charge is 0.215 e. The van der Waals surface area contributed by atoms with Crippen molar-refractivity contribution in [2.45, 2.75) is 12.2 Å². The van der Waals surface area contributed by atoms with Gasteiger partial charge in [0.1, 0.15) is 19.0 Å². The Morgan fingerprint density at radius 2 is 1.80 bits per heavy atom. The summed E-state index contributed by atoms with van der Waals surface area (Å²) in [6, 6.07) is 8.92. The first-order valence-corrected chi connectivity index (χ1v) is 9.76. The zero-order valence-corrected chi connectivity index (χ0v) is 14.9. The van der Waals surface area contributed by atoms with Gasteiger partial charge in [-0.05, 0) is 41.8 Å². The molecule has 0 fully saturated rings. The molecule has 1 N–H and O–H groups in total. The lowest BCUT2D eigenvalue weighted by molar-refractivity contribution is 0.171. The Kier molecular flexibility index (Phi) is 5.46. The lowest BCUT2D eigenvalue weighted by Crippen LogP contribution is -2.27. The summed E-state index contributed by atoms with van der Waals surface area (Å²) in [6.45, 7) is 1.13. The highest BCUT2D eigenvalue weighted by Crippen LogP contribution is 2.38. The summed E-state index contributed by atoms with van der Waals surface area (Å²) in [5.74, 6) is 0.496. The standard InChI is InChI=1S/C17H17ClFNO4S/c18-15-9-13(10-16-17(15)24-8-7-23-16)5-6-20-25(21,22)11-12-1-3-14(19)4-2-12/h1-4,9-10,20H,5-8,11H2. The van der Waals surface area contributed by atoms with Crippen molar-refractivity contribution in [3.8, 4) is 11.5 Å². The maximum absolute atomic E-state index is 12.9. The van der Waals surface area contributed by atoms with E-state index < -0.39 is 15.8 Å². The molecule has 134 valence electrons. The van der Waals surface area contributed by atoms with Crippen molar-refractivity contribution in [2.24, 2.45) is 0 Å². The molecule has 25 heavy (non-hydrogen) atoms. The van der Waals surface area contributed by atoms with E-state index in [9.17, 15) is 12.8 Å². The average molecular weight is 386 g/mol. The van der Waals surface area contributed by atoms with Crippen LogP contribution in [-0.2, 0) is 22.2 Å². The van der Waals surface area contributed by atoms with Crippen LogP contribution in [0.4, 0.5) is 4.39 Å². The fraction of sp³-hybridized carbons (Fsp3) is 0.294. The Labute approximate surface area is 150 Å². The molecule has 0 unspecified atom stereocenters. The van der Waals surface area contributed by atoms with E-state index in [1.54, 1.807) is 12.1 Å². The molecule has 2 aromatic rings. The Bertz CT molecular complexity index is 856. The molecule has 5 nitrogen and oxygen atoms in total. The Morgan fingerprint density at radius 1 is 1.08 bits per heavy atom. The summed E-state index contributed by atoms with van der Waals surface area (Å²) in [6.07, 6.45) is 0.457. The topological polar surface area (TPSA) is 64.6 Å². The van der Waals surface area contributed by atoms with E-state index in [4.69, 9.17) is 21.1 Å². The molecule has 0 aliphatic carbocycles. The van der Waals surface area contributed by atoms with Crippen LogP contribution < -0.4 is 14.2 Å². The largest absolute Gasteiger partial charge is 0.486 e. The van der Waals surface area contributed by atoms with Crippen LogP contribution in [0, 0.1) is 5.82 Å². The number of benzene rings is 2. The molecule has 3 rings (SSSR count). The molecular formula is C17H17ClFNO4S. The molecule has 1 aliphatic heterocycles. The van der Waals surface area contributed by atoms with Crippen LogP contribution in [0.3, 0.4) is 0 Å². The molecule has 0 amide bonds. The van der Waals surface area contributed by atoms with Gasteiger partial charge in [-0.15, -0.1) is 0 Å². The van der Waals surface area contributed by atoms with E-state index >= 15 is 0 Å². The van der Waals surface area contributed by atoms with Crippen molar-refractivity contribution in [3.05, 3.63) is 58.4 Å². The SMILES string of the molecule is O=S(=O)(Cc1ccc(F)cc1)NCCc1cc(Cl)c2c(c1)OCCO2. The first-order chi connectivity index (χ1) is 11.9. The molecule has 0 atom stereocenters. The number of nitrogens with one attached hydrogen (secondary N) is 1. The quantitative estimate of drug-likeness (QED) is 0.830. The van der Waals surface area contributed by atoms with Crippen LogP contribution in [0.1, 0.15) is 11.1 Å². The Balaban J connectivity index is 1.58. The lowest BCUT2D eigenvalue weighted by Gasteiger charge is -2.20. The van der Waals surface area contributed by atoms with Gasteiger partial charge in [0.2, 0.25) is 10.0 Å². The number of halogens is 2. The predicted molar refractivity (Wildman–Crippen MR) is 93.2 cm³/mol. The van der Waals surface area contributed by atoms with Crippen molar-refractivity contribution in [2.75, 3.05) is 19.8 Å². The molecule has 1 heterocycles. The minimum atomic E-state index is -3.51. The van der Waals surface area contributed by atoms with Crippen molar-refractivity contribution in [1.82, 2.24) is 4.72 Å². The number of fused-ring (bicyclic) bond motifs is 1. The van der Waals surface area contributed by atoms with Crippen molar-refractivity contribution < 1.29 is 22.3 Å². The molecule has 1 aliphatic rings. The minimum Gasteiger partial charge on any atom is -0.486 e. The van der Waals surface area contributed by atoms with Gasteiger partial charge in [0.15, 0.2) is 11.5 Å². The average Bonchev–Trinajstić information content (AvgIpc) is 2.57. The first-order valence-electron chi connectivity index (χ1n) is 7.73. The molecular weight excluding hydrogens is 369 g/mol. The summed E-state index contributed by atoms with van der Waals surface area (Å²) in [5, 5.41) is 0.446. The molecule has 0 saturated carbocycles. The number of hydrogen-bond acceptors (Lipinski definition) is 4. The normalized spacial score (nSPS) is 13.7. The van der Waals surface area contributed by atoms with Gasteiger partial charge in [-0.3, -0.25) is 0 Å². The highest BCUT2D eigenvalue weighted by molar-refractivity contribution is 7.88. The van der Waals surface area contributed by atoms with Gasteiger partial charge in [-0.25, -0.2) is 17.5 Å². The number of hydrogen-bond donors (Lipinski definition) is 1. The minimum absolute atomic E-state index is 0.199. The zero-order valence-electron chi connectivity index (χ0n) is 13.3. The predicted octanol–water partition coefficient (Wildman–Crippen LogP) is 2.91. The molecule has 0 radical (unpaired) electrons. The Hall–Kier alpha value is -1.83. The molecule has 0 aromatic heterocycles. The summed E-state index contributed by atoms with van der Waals surface area (Å²) in [5.41, 5.74) is 1.37. The van der Waals surface area contributed by atoms with E-state index in [-0.39, 0.29) is 12.3 Å². The van der Waals surface area contributed by atoms with Crippen molar-refractivity contribution >= 4 is 21.6 Å². The van der Waals surface area contributed by atoms with Gasteiger partial charge in [-0.1, -0.05) is 23.7 Å². The van der Waals surface area contributed by atoms with E-state index in [1.807, 2.05) is 0 Å². The van der Waals surface area contributed by atoms with Gasteiger partial charge < -0.3 is 9.47 Å². The molecule has 2 aromatic carbocycles. The fourth-order valence-corrected chi connectivity index (χ4v) is 3.94. The van der Waals surface area contributed by atoms with E-state index in [2.05, 4.69) is 4.72 Å². The van der Waals surface area contributed by atoms with Crippen LogP contribution in [-0.4, -0.2) is 28.2 Å². The van der Waals surface area contributed by atoms with Gasteiger partial charge >= 0.3 is 0 Å². The lowest BCUT2D eigenvalue weighted by atomic mass is 10.1. The zero-order chi connectivity index (χ0) is 17.9.